The standard InChI is InChI=1S/C9H8BrN3O/c1-14-9-6-7(10)2-3-8(9)13-5-4-11-12-13/h2-6H,1H3. The van der Waals surface area contributed by atoms with Crippen LogP contribution in [0.4, 0.5) is 0 Å². The summed E-state index contributed by atoms with van der Waals surface area (Å²) in [7, 11) is 1.63. The highest BCUT2D eigenvalue weighted by atomic mass is 79.9. The van der Waals surface area contributed by atoms with Crippen molar-refractivity contribution < 1.29 is 4.74 Å². The first kappa shape index (κ1) is 9.21. The van der Waals surface area contributed by atoms with E-state index in [9.17, 15) is 0 Å². The van der Waals surface area contributed by atoms with Crippen molar-refractivity contribution in [1.29, 1.82) is 0 Å². The summed E-state index contributed by atoms with van der Waals surface area (Å²) in [6.45, 7) is 0. The Morgan fingerprint density at radius 3 is 2.93 bits per heavy atom. The summed E-state index contributed by atoms with van der Waals surface area (Å²) in [6, 6.07) is 5.73. The smallest absolute Gasteiger partial charge is 0.145 e. The minimum atomic E-state index is 0.755. The highest BCUT2D eigenvalue weighted by molar-refractivity contribution is 9.10. The summed E-state index contributed by atoms with van der Waals surface area (Å²) in [5, 5.41) is 7.64. The zero-order valence-electron chi connectivity index (χ0n) is 7.51. The predicted octanol–water partition coefficient (Wildman–Crippen LogP) is 2.04. The molecule has 5 heteroatoms. The SMILES string of the molecule is COc1cc(Br)ccc1-n1ccnn1. The number of hydrogen-bond acceptors (Lipinski definition) is 3. The largest absolute Gasteiger partial charge is 0.494 e. The van der Waals surface area contributed by atoms with Crippen molar-refractivity contribution >= 4 is 15.9 Å². The Labute approximate surface area is 89.6 Å². The van der Waals surface area contributed by atoms with Gasteiger partial charge in [-0.3, -0.25) is 0 Å². The number of ether oxygens (including phenoxy) is 1. The zero-order chi connectivity index (χ0) is 9.97. The van der Waals surface area contributed by atoms with Crippen LogP contribution in [0.15, 0.2) is 35.1 Å². The van der Waals surface area contributed by atoms with E-state index in [0.717, 1.165) is 15.9 Å². The summed E-state index contributed by atoms with van der Waals surface area (Å²) < 4.78 is 7.86. The molecule has 0 atom stereocenters. The summed E-state index contributed by atoms with van der Waals surface area (Å²) in [6.07, 6.45) is 3.40. The molecule has 0 bridgehead atoms. The van der Waals surface area contributed by atoms with Crippen LogP contribution >= 0.6 is 15.9 Å². The fourth-order valence-corrected chi connectivity index (χ4v) is 1.52. The van der Waals surface area contributed by atoms with Gasteiger partial charge in [0.25, 0.3) is 0 Å². The van der Waals surface area contributed by atoms with Gasteiger partial charge >= 0.3 is 0 Å². The molecule has 2 rings (SSSR count). The molecule has 4 nitrogen and oxygen atoms in total. The maximum absolute atomic E-state index is 5.23. The maximum Gasteiger partial charge on any atom is 0.145 e. The lowest BCUT2D eigenvalue weighted by Crippen LogP contribution is -1.98. The van der Waals surface area contributed by atoms with Crippen LogP contribution in [0.25, 0.3) is 5.69 Å². The highest BCUT2D eigenvalue weighted by Gasteiger charge is 2.05. The molecule has 0 N–H and O–H groups in total. The van der Waals surface area contributed by atoms with Crippen molar-refractivity contribution in [3.05, 3.63) is 35.1 Å². The Morgan fingerprint density at radius 1 is 1.43 bits per heavy atom. The van der Waals surface area contributed by atoms with Crippen LogP contribution in [-0.2, 0) is 0 Å². The van der Waals surface area contributed by atoms with Gasteiger partial charge in [-0.1, -0.05) is 21.1 Å². The minimum absolute atomic E-state index is 0.755. The van der Waals surface area contributed by atoms with Gasteiger partial charge in [-0.15, -0.1) is 5.10 Å². The van der Waals surface area contributed by atoms with Crippen molar-refractivity contribution in [1.82, 2.24) is 15.0 Å². The van der Waals surface area contributed by atoms with Crippen LogP contribution in [0.2, 0.25) is 0 Å². The molecule has 0 aliphatic rings. The summed E-state index contributed by atoms with van der Waals surface area (Å²) in [4.78, 5) is 0. The van der Waals surface area contributed by atoms with E-state index >= 15 is 0 Å². The first-order valence-corrected chi connectivity index (χ1v) is 4.81. The van der Waals surface area contributed by atoms with Crippen molar-refractivity contribution in [2.75, 3.05) is 7.11 Å². The van der Waals surface area contributed by atoms with E-state index in [1.54, 1.807) is 24.2 Å². The lowest BCUT2D eigenvalue weighted by molar-refractivity contribution is 0.411. The number of nitrogens with zero attached hydrogens (tertiary/aromatic N) is 3. The van der Waals surface area contributed by atoms with E-state index < -0.39 is 0 Å². The van der Waals surface area contributed by atoms with Crippen molar-refractivity contribution in [2.24, 2.45) is 0 Å². The molecule has 1 aromatic carbocycles. The van der Waals surface area contributed by atoms with Gasteiger partial charge in [-0.05, 0) is 18.2 Å². The molecule has 0 unspecified atom stereocenters. The number of halogens is 1. The van der Waals surface area contributed by atoms with E-state index in [2.05, 4.69) is 26.2 Å². The second-order valence-corrected chi connectivity index (χ2v) is 3.58. The van der Waals surface area contributed by atoms with E-state index in [1.807, 2.05) is 18.2 Å². The quantitative estimate of drug-likeness (QED) is 0.823. The van der Waals surface area contributed by atoms with Gasteiger partial charge in [-0.25, -0.2) is 4.68 Å². The Balaban J connectivity index is 2.53. The normalized spacial score (nSPS) is 10.1. The van der Waals surface area contributed by atoms with E-state index in [4.69, 9.17) is 4.74 Å². The molecule has 0 amide bonds. The fourth-order valence-electron chi connectivity index (χ4n) is 1.18. The Hall–Kier alpha value is -1.36. The van der Waals surface area contributed by atoms with Crippen LogP contribution in [0.5, 0.6) is 5.75 Å². The second kappa shape index (κ2) is 3.79. The van der Waals surface area contributed by atoms with Crippen molar-refractivity contribution in [2.45, 2.75) is 0 Å². The topological polar surface area (TPSA) is 39.9 Å². The molecule has 0 saturated carbocycles. The average Bonchev–Trinajstić information content (AvgIpc) is 2.70. The first-order valence-electron chi connectivity index (χ1n) is 4.01. The molecule has 0 aliphatic heterocycles. The fraction of sp³-hybridized carbons (Fsp3) is 0.111. The van der Waals surface area contributed by atoms with Crippen LogP contribution in [0, 0.1) is 0 Å². The molecule has 0 spiro atoms. The monoisotopic (exact) mass is 253 g/mol. The van der Waals surface area contributed by atoms with E-state index in [-0.39, 0.29) is 0 Å². The Morgan fingerprint density at radius 2 is 2.29 bits per heavy atom. The van der Waals surface area contributed by atoms with Gasteiger partial charge in [-0.2, -0.15) is 0 Å². The van der Waals surface area contributed by atoms with Crippen LogP contribution in [0.3, 0.4) is 0 Å². The molecular weight excluding hydrogens is 246 g/mol. The summed E-state index contributed by atoms with van der Waals surface area (Å²) >= 11 is 3.38. The molecule has 14 heavy (non-hydrogen) atoms. The van der Waals surface area contributed by atoms with Gasteiger partial charge < -0.3 is 4.74 Å². The Bertz CT molecular complexity index is 428. The van der Waals surface area contributed by atoms with Gasteiger partial charge in [0.15, 0.2) is 0 Å². The molecule has 0 aliphatic carbocycles. The molecule has 72 valence electrons. The van der Waals surface area contributed by atoms with Crippen LogP contribution in [0.1, 0.15) is 0 Å². The first-order chi connectivity index (χ1) is 6.81. The van der Waals surface area contributed by atoms with Crippen molar-refractivity contribution in [3.8, 4) is 11.4 Å². The lowest BCUT2D eigenvalue weighted by Gasteiger charge is -2.07. The zero-order valence-corrected chi connectivity index (χ0v) is 9.10. The third-order valence-corrected chi connectivity index (χ3v) is 2.30. The number of methoxy groups -OCH3 is 1. The van der Waals surface area contributed by atoms with Crippen molar-refractivity contribution in [3.63, 3.8) is 0 Å². The third kappa shape index (κ3) is 1.63. The molecule has 1 aromatic heterocycles. The van der Waals surface area contributed by atoms with Crippen LogP contribution in [-0.4, -0.2) is 22.1 Å². The number of aromatic nitrogens is 3. The molecule has 0 fully saturated rings. The summed E-state index contributed by atoms with van der Waals surface area (Å²) in [5.74, 6) is 0.755. The summed E-state index contributed by atoms with van der Waals surface area (Å²) in [5.41, 5.74) is 0.869. The maximum atomic E-state index is 5.23. The van der Waals surface area contributed by atoms with Gasteiger partial charge in [0.1, 0.15) is 11.4 Å². The van der Waals surface area contributed by atoms with E-state index in [0.29, 0.717) is 0 Å². The van der Waals surface area contributed by atoms with Gasteiger partial charge in [0.2, 0.25) is 0 Å². The molecule has 0 saturated heterocycles. The molecule has 1 heterocycles. The van der Waals surface area contributed by atoms with Gasteiger partial charge in [0.05, 0.1) is 19.5 Å². The third-order valence-electron chi connectivity index (χ3n) is 1.81. The highest BCUT2D eigenvalue weighted by Crippen LogP contribution is 2.25. The average molecular weight is 254 g/mol. The minimum Gasteiger partial charge on any atom is -0.494 e. The molecular formula is C9H8BrN3O. The van der Waals surface area contributed by atoms with E-state index in [1.165, 1.54) is 0 Å². The lowest BCUT2D eigenvalue weighted by atomic mass is 10.3. The number of rotatable bonds is 2. The number of hydrogen-bond donors (Lipinski definition) is 0. The van der Waals surface area contributed by atoms with Crippen LogP contribution < -0.4 is 4.74 Å². The molecule has 0 radical (unpaired) electrons. The Kier molecular flexibility index (Phi) is 2.49. The second-order valence-electron chi connectivity index (χ2n) is 2.66. The number of benzene rings is 1. The predicted molar refractivity (Wildman–Crippen MR) is 55.6 cm³/mol. The molecule has 2 aromatic rings. The van der Waals surface area contributed by atoms with Gasteiger partial charge in [0, 0.05) is 4.47 Å².